The number of hydrogen-bond donors (Lipinski definition) is 3. The number of pyridine rings is 1. The molecule has 0 radical (unpaired) electrons. The van der Waals surface area contributed by atoms with Gasteiger partial charge in [0.05, 0.1) is 24.9 Å². The van der Waals surface area contributed by atoms with Gasteiger partial charge in [-0.3, -0.25) is 24.3 Å². The highest BCUT2D eigenvalue weighted by Gasteiger charge is 2.35. The maximum Gasteiger partial charge on any atom is 0.325 e. The van der Waals surface area contributed by atoms with Gasteiger partial charge in [-0.1, -0.05) is 18.5 Å². The molecule has 0 spiro atoms. The van der Waals surface area contributed by atoms with Gasteiger partial charge in [-0.25, -0.2) is 4.79 Å². The Kier molecular flexibility index (Phi) is 8.42. The Labute approximate surface area is 202 Å². The van der Waals surface area contributed by atoms with Crippen molar-refractivity contribution in [2.45, 2.75) is 25.8 Å². The lowest BCUT2D eigenvalue weighted by Crippen LogP contribution is -2.53. The van der Waals surface area contributed by atoms with E-state index in [0.717, 1.165) is 4.90 Å². The van der Waals surface area contributed by atoms with Gasteiger partial charge >= 0.3 is 6.03 Å². The zero-order valence-electron chi connectivity index (χ0n) is 18.8. The van der Waals surface area contributed by atoms with Crippen LogP contribution in [0.15, 0.2) is 42.7 Å². The molecule has 5 amide bonds. The summed E-state index contributed by atoms with van der Waals surface area (Å²) in [5.41, 5.74) is 1.15. The molecule has 10 nitrogen and oxygen atoms in total. The third kappa shape index (κ3) is 6.22. The average molecular weight is 488 g/mol. The number of carbonyl (C=O) groups excluding carboxylic acids is 4. The van der Waals surface area contributed by atoms with Gasteiger partial charge in [0, 0.05) is 17.8 Å². The first kappa shape index (κ1) is 25.0. The summed E-state index contributed by atoms with van der Waals surface area (Å²) in [5.74, 6) is -1.66. The van der Waals surface area contributed by atoms with Crippen molar-refractivity contribution in [2.24, 2.45) is 5.92 Å². The number of ether oxygens (including phenoxy) is 1. The minimum atomic E-state index is -0.918. The van der Waals surface area contributed by atoms with Crippen LogP contribution in [-0.4, -0.2) is 59.9 Å². The molecule has 3 N–H and O–H groups in total. The maximum absolute atomic E-state index is 13.2. The third-order valence-corrected chi connectivity index (χ3v) is 5.60. The summed E-state index contributed by atoms with van der Waals surface area (Å²) in [6, 6.07) is 6.63. The highest BCUT2D eigenvalue weighted by Crippen LogP contribution is 2.26. The molecular weight excluding hydrogens is 462 g/mol. The standard InChI is InChI=1S/C23H26ClN5O5/c1-3-18(21(31)27-17-5-4-8-25-12-17)28-23(33)29-13-20(30)26-11-15(22(29)32)9-14-10-16(24)6-7-19(14)34-2/h4-8,10,12,15,18H,3,9,11,13H2,1-2H3,(H,26,30)(H,27,31)(H,28,33)/t15?,18-/m1/s1. The average Bonchev–Trinajstić information content (AvgIpc) is 2.96. The van der Waals surface area contributed by atoms with E-state index in [1.165, 1.54) is 13.3 Å². The molecule has 11 heteroatoms. The van der Waals surface area contributed by atoms with Gasteiger partial charge < -0.3 is 20.7 Å². The number of aromatic nitrogens is 1. The number of hydrogen-bond acceptors (Lipinski definition) is 6. The number of methoxy groups -OCH3 is 1. The lowest BCUT2D eigenvalue weighted by atomic mass is 9.97. The molecule has 34 heavy (non-hydrogen) atoms. The van der Waals surface area contributed by atoms with Crippen LogP contribution in [0.2, 0.25) is 5.02 Å². The van der Waals surface area contributed by atoms with Crippen LogP contribution in [0.25, 0.3) is 0 Å². The van der Waals surface area contributed by atoms with E-state index < -0.39 is 42.3 Å². The third-order valence-electron chi connectivity index (χ3n) is 5.37. The number of imide groups is 1. The smallest absolute Gasteiger partial charge is 0.325 e. The predicted octanol–water partition coefficient (Wildman–Crippen LogP) is 1.99. The van der Waals surface area contributed by atoms with Gasteiger partial charge in [0.2, 0.25) is 17.7 Å². The number of amides is 5. The van der Waals surface area contributed by atoms with Gasteiger partial charge in [-0.2, -0.15) is 0 Å². The van der Waals surface area contributed by atoms with Crippen molar-refractivity contribution < 1.29 is 23.9 Å². The summed E-state index contributed by atoms with van der Waals surface area (Å²) in [7, 11) is 1.50. The van der Waals surface area contributed by atoms with Crippen molar-refractivity contribution in [1.82, 2.24) is 20.5 Å². The zero-order chi connectivity index (χ0) is 24.7. The Morgan fingerprint density at radius 2 is 2.12 bits per heavy atom. The topological polar surface area (TPSA) is 130 Å². The molecule has 1 saturated heterocycles. The lowest BCUT2D eigenvalue weighted by Gasteiger charge is -2.25. The van der Waals surface area contributed by atoms with Crippen molar-refractivity contribution in [3.63, 3.8) is 0 Å². The summed E-state index contributed by atoms with van der Waals surface area (Å²) in [4.78, 5) is 55.8. The number of urea groups is 1. The van der Waals surface area contributed by atoms with Gasteiger partial charge in [0.1, 0.15) is 18.3 Å². The fourth-order valence-electron chi connectivity index (χ4n) is 3.57. The van der Waals surface area contributed by atoms with E-state index in [9.17, 15) is 19.2 Å². The van der Waals surface area contributed by atoms with Crippen LogP contribution in [0.4, 0.5) is 10.5 Å². The molecule has 1 unspecified atom stereocenters. The fraction of sp³-hybridized carbons (Fsp3) is 0.348. The second-order valence-electron chi connectivity index (χ2n) is 7.73. The molecule has 1 aliphatic heterocycles. The molecule has 1 aromatic carbocycles. The molecule has 0 bridgehead atoms. The summed E-state index contributed by atoms with van der Waals surface area (Å²) >= 11 is 6.10. The minimum absolute atomic E-state index is 0.0514. The highest BCUT2D eigenvalue weighted by atomic mass is 35.5. The first-order valence-electron chi connectivity index (χ1n) is 10.7. The lowest BCUT2D eigenvalue weighted by molar-refractivity contribution is -0.133. The summed E-state index contributed by atoms with van der Waals surface area (Å²) in [6.07, 6.45) is 3.52. The van der Waals surface area contributed by atoms with Crippen molar-refractivity contribution in [3.05, 3.63) is 53.3 Å². The van der Waals surface area contributed by atoms with E-state index in [1.807, 2.05) is 0 Å². The first-order valence-corrected chi connectivity index (χ1v) is 11.1. The molecule has 2 atom stereocenters. The van der Waals surface area contributed by atoms with Crippen LogP contribution in [0, 0.1) is 5.92 Å². The summed E-state index contributed by atoms with van der Waals surface area (Å²) < 4.78 is 5.35. The Morgan fingerprint density at radius 3 is 2.79 bits per heavy atom. The van der Waals surface area contributed by atoms with Crippen molar-refractivity contribution in [1.29, 1.82) is 0 Å². The van der Waals surface area contributed by atoms with E-state index in [2.05, 4.69) is 20.9 Å². The monoisotopic (exact) mass is 487 g/mol. The predicted molar refractivity (Wildman–Crippen MR) is 125 cm³/mol. The number of halogens is 1. The molecular formula is C23H26ClN5O5. The van der Waals surface area contributed by atoms with Gasteiger partial charge in [-0.15, -0.1) is 0 Å². The number of benzene rings is 1. The number of carbonyl (C=O) groups is 4. The molecule has 0 saturated carbocycles. The van der Waals surface area contributed by atoms with Crippen LogP contribution < -0.4 is 20.7 Å². The Morgan fingerprint density at radius 1 is 1.32 bits per heavy atom. The molecule has 1 aromatic heterocycles. The van der Waals surface area contributed by atoms with Crippen LogP contribution in [0.5, 0.6) is 5.75 Å². The summed E-state index contributed by atoms with van der Waals surface area (Å²) in [5, 5.41) is 8.36. The molecule has 2 aromatic rings. The SMILES string of the molecule is CC[C@@H](NC(=O)N1CC(=O)NCC(Cc2cc(Cl)ccc2OC)C1=O)C(=O)Nc1cccnc1. The summed E-state index contributed by atoms with van der Waals surface area (Å²) in [6.45, 7) is 1.32. The Balaban J connectivity index is 1.74. The number of nitrogens with zero attached hydrogens (tertiary/aromatic N) is 2. The molecule has 3 rings (SSSR count). The number of rotatable bonds is 7. The molecule has 1 aliphatic rings. The van der Waals surface area contributed by atoms with E-state index in [1.54, 1.807) is 43.5 Å². The normalized spacial score (nSPS) is 16.8. The van der Waals surface area contributed by atoms with E-state index >= 15 is 0 Å². The van der Waals surface area contributed by atoms with Crippen molar-refractivity contribution in [2.75, 3.05) is 25.5 Å². The zero-order valence-corrected chi connectivity index (χ0v) is 19.6. The van der Waals surface area contributed by atoms with Gasteiger partial charge in [-0.05, 0) is 48.7 Å². The van der Waals surface area contributed by atoms with Gasteiger partial charge in [0.15, 0.2) is 0 Å². The molecule has 180 valence electrons. The minimum Gasteiger partial charge on any atom is -0.496 e. The largest absolute Gasteiger partial charge is 0.496 e. The fourth-order valence-corrected chi connectivity index (χ4v) is 3.77. The van der Waals surface area contributed by atoms with Crippen molar-refractivity contribution >= 4 is 41.0 Å². The van der Waals surface area contributed by atoms with Crippen LogP contribution in [0.3, 0.4) is 0 Å². The second-order valence-corrected chi connectivity index (χ2v) is 8.16. The van der Waals surface area contributed by atoms with E-state index in [-0.39, 0.29) is 19.4 Å². The molecule has 1 fully saturated rings. The van der Waals surface area contributed by atoms with Crippen molar-refractivity contribution in [3.8, 4) is 5.75 Å². The molecule has 2 heterocycles. The quantitative estimate of drug-likeness (QED) is 0.547. The first-order chi connectivity index (χ1) is 16.3. The van der Waals surface area contributed by atoms with Crippen LogP contribution in [-0.2, 0) is 20.8 Å². The molecule has 0 aliphatic carbocycles. The van der Waals surface area contributed by atoms with E-state index in [0.29, 0.717) is 22.0 Å². The van der Waals surface area contributed by atoms with Crippen LogP contribution >= 0.6 is 11.6 Å². The maximum atomic E-state index is 13.2. The highest BCUT2D eigenvalue weighted by molar-refractivity contribution is 6.30. The Hall–Kier alpha value is -3.66. The van der Waals surface area contributed by atoms with Gasteiger partial charge in [0.25, 0.3) is 0 Å². The van der Waals surface area contributed by atoms with E-state index in [4.69, 9.17) is 16.3 Å². The Bertz CT molecular complexity index is 1060. The second kappa shape index (κ2) is 11.5. The number of nitrogens with one attached hydrogen (secondary N) is 3. The number of anilines is 1. The van der Waals surface area contributed by atoms with Crippen LogP contribution in [0.1, 0.15) is 18.9 Å².